The Labute approximate surface area is 153 Å². The number of hydrogen-bond acceptors (Lipinski definition) is 3. The molecule has 1 aromatic heterocycles. The molecule has 0 aliphatic carbocycles. The molecule has 4 heteroatoms. The second-order valence-corrected chi connectivity index (χ2v) is 6.53. The highest BCUT2D eigenvalue weighted by molar-refractivity contribution is 5.92. The van der Waals surface area contributed by atoms with Gasteiger partial charge in [0, 0.05) is 10.9 Å². The molecule has 0 radical (unpaired) electrons. The molecule has 0 saturated carbocycles. The van der Waals surface area contributed by atoms with Gasteiger partial charge in [0.1, 0.15) is 0 Å². The van der Waals surface area contributed by atoms with Gasteiger partial charge in [0.25, 0.3) is 0 Å². The number of tetrazole rings is 1. The van der Waals surface area contributed by atoms with Crippen molar-refractivity contribution in [1.82, 2.24) is 20.2 Å². The van der Waals surface area contributed by atoms with Crippen molar-refractivity contribution < 1.29 is 0 Å². The quantitative estimate of drug-likeness (QED) is 0.451. The van der Waals surface area contributed by atoms with Gasteiger partial charge < -0.3 is 0 Å². The maximum absolute atomic E-state index is 4.36. The predicted molar refractivity (Wildman–Crippen MR) is 105 cm³/mol. The molecule has 0 aliphatic heterocycles. The number of fused-ring (bicyclic) bond motifs is 1. The minimum atomic E-state index is 0.777. The number of aryl methyl sites for hydroxylation is 1. The van der Waals surface area contributed by atoms with Gasteiger partial charge in [-0.15, -0.1) is 5.10 Å². The van der Waals surface area contributed by atoms with Crippen molar-refractivity contribution in [2.75, 3.05) is 0 Å². The number of rotatable bonds is 6. The van der Waals surface area contributed by atoms with Crippen LogP contribution in [0.5, 0.6) is 0 Å². The average molecular weight is 342 g/mol. The molecule has 4 nitrogen and oxygen atoms in total. The molecule has 0 fully saturated rings. The first-order valence-corrected chi connectivity index (χ1v) is 9.23. The Morgan fingerprint density at radius 2 is 1.65 bits per heavy atom. The zero-order valence-electron chi connectivity index (χ0n) is 15.0. The number of aromatic nitrogens is 4. The monoisotopic (exact) mass is 342 g/mol. The topological polar surface area (TPSA) is 43.6 Å². The molecule has 0 bridgehead atoms. The standard InChI is InChI=1S/C22H22N4/c1-2-3-5-11-18-16-15-17-10-8-9-14-20(17)21(18)26-22(23-24-25-26)19-12-6-4-7-13-19/h4,6-10,12-16H,2-3,5,11H2,1H3. The van der Waals surface area contributed by atoms with Crippen LogP contribution in [0, 0.1) is 0 Å². The lowest BCUT2D eigenvalue weighted by atomic mass is 9.99. The van der Waals surface area contributed by atoms with Crippen molar-refractivity contribution >= 4 is 10.8 Å². The van der Waals surface area contributed by atoms with E-state index in [4.69, 9.17) is 0 Å². The van der Waals surface area contributed by atoms with Crippen LogP contribution in [0.2, 0.25) is 0 Å². The molecule has 26 heavy (non-hydrogen) atoms. The average Bonchev–Trinajstić information content (AvgIpc) is 3.18. The van der Waals surface area contributed by atoms with Crippen molar-refractivity contribution in [3.05, 3.63) is 72.3 Å². The second-order valence-electron chi connectivity index (χ2n) is 6.53. The van der Waals surface area contributed by atoms with E-state index in [1.165, 1.54) is 35.6 Å². The zero-order chi connectivity index (χ0) is 17.8. The largest absolute Gasteiger partial charge is 0.192 e. The van der Waals surface area contributed by atoms with E-state index in [0.29, 0.717) is 0 Å². The van der Waals surface area contributed by atoms with Gasteiger partial charge in [0.15, 0.2) is 5.82 Å². The van der Waals surface area contributed by atoms with E-state index < -0.39 is 0 Å². The Morgan fingerprint density at radius 3 is 2.50 bits per heavy atom. The third kappa shape index (κ3) is 3.10. The number of benzene rings is 3. The van der Waals surface area contributed by atoms with Crippen LogP contribution in [0.1, 0.15) is 31.7 Å². The Hall–Kier alpha value is -3.01. The summed E-state index contributed by atoms with van der Waals surface area (Å²) in [5, 5.41) is 15.0. The van der Waals surface area contributed by atoms with Crippen molar-refractivity contribution in [2.24, 2.45) is 0 Å². The van der Waals surface area contributed by atoms with Gasteiger partial charge in [-0.05, 0) is 34.2 Å². The molecule has 4 aromatic rings. The van der Waals surface area contributed by atoms with Crippen molar-refractivity contribution in [3.63, 3.8) is 0 Å². The first-order valence-electron chi connectivity index (χ1n) is 9.23. The molecule has 0 N–H and O–H groups in total. The van der Waals surface area contributed by atoms with E-state index in [1.54, 1.807) is 0 Å². The zero-order valence-corrected chi connectivity index (χ0v) is 15.0. The summed E-state index contributed by atoms with van der Waals surface area (Å²) < 4.78 is 1.90. The van der Waals surface area contributed by atoms with Crippen LogP contribution >= 0.6 is 0 Å². The summed E-state index contributed by atoms with van der Waals surface area (Å²) in [6.07, 6.45) is 4.64. The first kappa shape index (κ1) is 16.5. The molecule has 0 amide bonds. The lowest BCUT2D eigenvalue weighted by molar-refractivity contribution is 0.709. The van der Waals surface area contributed by atoms with Gasteiger partial charge in [0.2, 0.25) is 0 Å². The molecule has 0 saturated heterocycles. The van der Waals surface area contributed by atoms with E-state index in [9.17, 15) is 0 Å². The third-order valence-corrected chi connectivity index (χ3v) is 4.75. The van der Waals surface area contributed by atoms with Crippen LogP contribution < -0.4 is 0 Å². The SMILES string of the molecule is CCCCCc1ccc2ccccc2c1-n1nnnc1-c1ccccc1. The summed E-state index contributed by atoms with van der Waals surface area (Å²) in [6.45, 7) is 2.23. The lowest BCUT2D eigenvalue weighted by Crippen LogP contribution is -2.05. The van der Waals surface area contributed by atoms with E-state index in [2.05, 4.69) is 58.8 Å². The highest BCUT2D eigenvalue weighted by atomic mass is 15.5. The summed E-state index contributed by atoms with van der Waals surface area (Å²) in [4.78, 5) is 0. The molecule has 130 valence electrons. The first-order chi connectivity index (χ1) is 12.9. The summed E-state index contributed by atoms with van der Waals surface area (Å²) in [7, 11) is 0. The van der Waals surface area contributed by atoms with Crippen LogP contribution in [0.4, 0.5) is 0 Å². The van der Waals surface area contributed by atoms with Crippen molar-refractivity contribution in [3.8, 4) is 17.1 Å². The fourth-order valence-corrected chi connectivity index (χ4v) is 3.42. The van der Waals surface area contributed by atoms with Gasteiger partial charge in [-0.3, -0.25) is 0 Å². The molecule has 3 aromatic carbocycles. The Kier molecular flexibility index (Phi) is 4.73. The van der Waals surface area contributed by atoms with Gasteiger partial charge in [0.05, 0.1) is 5.69 Å². The van der Waals surface area contributed by atoms with Crippen LogP contribution in [-0.2, 0) is 6.42 Å². The maximum atomic E-state index is 4.36. The summed E-state index contributed by atoms with van der Waals surface area (Å²) in [5.74, 6) is 0.777. The Balaban J connectivity index is 1.90. The fraction of sp³-hybridized carbons (Fsp3) is 0.227. The maximum Gasteiger partial charge on any atom is 0.187 e. The minimum absolute atomic E-state index is 0.777. The van der Waals surface area contributed by atoms with Crippen LogP contribution in [-0.4, -0.2) is 20.2 Å². The Bertz CT molecular complexity index is 1010. The number of nitrogens with zero attached hydrogens (tertiary/aromatic N) is 4. The van der Waals surface area contributed by atoms with Gasteiger partial charge in [-0.2, -0.15) is 4.68 Å². The van der Waals surface area contributed by atoms with Gasteiger partial charge >= 0.3 is 0 Å². The van der Waals surface area contributed by atoms with E-state index in [0.717, 1.165) is 23.5 Å². The molecule has 0 aliphatic rings. The molecular weight excluding hydrogens is 320 g/mol. The lowest BCUT2D eigenvalue weighted by Gasteiger charge is -2.14. The van der Waals surface area contributed by atoms with Gasteiger partial charge in [-0.1, -0.05) is 86.5 Å². The molecular formula is C22H22N4. The fourth-order valence-electron chi connectivity index (χ4n) is 3.42. The highest BCUT2D eigenvalue weighted by Gasteiger charge is 2.16. The van der Waals surface area contributed by atoms with Crippen LogP contribution in [0.25, 0.3) is 27.8 Å². The Morgan fingerprint density at radius 1 is 0.846 bits per heavy atom. The highest BCUT2D eigenvalue weighted by Crippen LogP contribution is 2.30. The summed E-state index contributed by atoms with van der Waals surface area (Å²) in [6, 6.07) is 23.0. The molecule has 0 atom stereocenters. The van der Waals surface area contributed by atoms with Crippen LogP contribution in [0.15, 0.2) is 66.7 Å². The third-order valence-electron chi connectivity index (χ3n) is 4.75. The molecule has 1 heterocycles. The van der Waals surface area contributed by atoms with E-state index in [1.807, 2.05) is 35.0 Å². The number of unbranched alkanes of at least 4 members (excludes halogenated alkanes) is 2. The molecule has 4 rings (SSSR count). The number of hydrogen-bond donors (Lipinski definition) is 0. The second kappa shape index (κ2) is 7.48. The molecule has 0 spiro atoms. The van der Waals surface area contributed by atoms with Crippen molar-refractivity contribution in [1.29, 1.82) is 0 Å². The summed E-state index contributed by atoms with van der Waals surface area (Å²) >= 11 is 0. The van der Waals surface area contributed by atoms with Gasteiger partial charge in [-0.25, -0.2) is 0 Å². The van der Waals surface area contributed by atoms with E-state index in [-0.39, 0.29) is 0 Å². The normalized spacial score (nSPS) is 11.1. The van der Waals surface area contributed by atoms with Crippen molar-refractivity contribution in [2.45, 2.75) is 32.6 Å². The van der Waals surface area contributed by atoms with E-state index >= 15 is 0 Å². The smallest absolute Gasteiger partial charge is 0.187 e. The predicted octanol–water partition coefficient (Wildman–Crippen LogP) is 5.22. The van der Waals surface area contributed by atoms with Crippen LogP contribution in [0.3, 0.4) is 0 Å². The minimum Gasteiger partial charge on any atom is -0.192 e. The molecule has 0 unspecified atom stereocenters. The summed E-state index contributed by atoms with van der Waals surface area (Å²) in [5.41, 5.74) is 3.41.